The normalized spacial score (nSPS) is 11.2. The summed E-state index contributed by atoms with van der Waals surface area (Å²) in [4.78, 5) is 0. The van der Waals surface area contributed by atoms with Crippen LogP contribution >= 0.6 is 11.6 Å². The van der Waals surface area contributed by atoms with E-state index >= 15 is 0 Å². The molecule has 5 nitrogen and oxygen atoms in total. The monoisotopic (exact) mass is 249 g/mol. The maximum atomic E-state index is 5.67. The molecule has 2 aromatic rings. The minimum absolute atomic E-state index is 0.370. The van der Waals surface area contributed by atoms with Crippen molar-refractivity contribution in [3.05, 3.63) is 41.3 Å². The first-order valence-electron chi connectivity index (χ1n) is 5.15. The summed E-state index contributed by atoms with van der Waals surface area (Å²) in [6.07, 6.45) is 7.66. The third-order valence-electron chi connectivity index (χ3n) is 2.09. The standard InChI is InChI=1S/C11H12ClN5/c1-13-6-2-3-9-7-14-17(8-9)11-5-4-10(12)15-16-11/h2-5,7-8,13H,6H2,1H3. The highest BCUT2D eigenvalue weighted by Crippen LogP contribution is 2.08. The van der Waals surface area contributed by atoms with Crippen LogP contribution < -0.4 is 5.32 Å². The van der Waals surface area contributed by atoms with E-state index in [-0.39, 0.29) is 0 Å². The van der Waals surface area contributed by atoms with Crippen LogP contribution in [0.5, 0.6) is 0 Å². The number of nitrogens with zero attached hydrogens (tertiary/aromatic N) is 4. The van der Waals surface area contributed by atoms with E-state index in [1.165, 1.54) is 0 Å². The molecule has 0 aliphatic heterocycles. The van der Waals surface area contributed by atoms with Gasteiger partial charge < -0.3 is 5.32 Å². The molecule has 2 rings (SSSR count). The first-order valence-corrected chi connectivity index (χ1v) is 5.53. The Balaban J connectivity index is 2.15. The van der Waals surface area contributed by atoms with Gasteiger partial charge in [0.25, 0.3) is 0 Å². The van der Waals surface area contributed by atoms with E-state index in [9.17, 15) is 0 Å². The number of aromatic nitrogens is 4. The van der Waals surface area contributed by atoms with Crippen molar-refractivity contribution in [1.82, 2.24) is 25.3 Å². The largest absolute Gasteiger partial charge is 0.316 e. The summed E-state index contributed by atoms with van der Waals surface area (Å²) < 4.78 is 1.66. The van der Waals surface area contributed by atoms with E-state index in [1.54, 1.807) is 23.0 Å². The zero-order valence-corrected chi connectivity index (χ0v) is 10.1. The second-order valence-corrected chi connectivity index (χ2v) is 3.78. The molecule has 0 spiro atoms. The van der Waals surface area contributed by atoms with Gasteiger partial charge in [0.2, 0.25) is 0 Å². The maximum Gasteiger partial charge on any atom is 0.175 e. The summed E-state index contributed by atoms with van der Waals surface area (Å²) in [6.45, 7) is 0.825. The highest BCUT2D eigenvalue weighted by atomic mass is 35.5. The molecule has 0 amide bonds. The number of likely N-dealkylation sites (N-methyl/N-ethyl adjacent to an activating group) is 1. The predicted molar refractivity (Wildman–Crippen MR) is 67.1 cm³/mol. The van der Waals surface area contributed by atoms with Crippen LogP contribution in [0.1, 0.15) is 5.56 Å². The molecule has 88 valence electrons. The molecule has 2 heterocycles. The third-order valence-corrected chi connectivity index (χ3v) is 2.29. The molecule has 2 aromatic heterocycles. The van der Waals surface area contributed by atoms with Gasteiger partial charge in [-0.2, -0.15) is 5.10 Å². The Morgan fingerprint density at radius 1 is 1.41 bits per heavy atom. The third kappa shape index (κ3) is 3.12. The molecule has 0 aliphatic carbocycles. The van der Waals surface area contributed by atoms with Gasteiger partial charge in [-0.15, -0.1) is 10.2 Å². The van der Waals surface area contributed by atoms with Gasteiger partial charge in [-0.05, 0) is 19.2 Å². The van der Waals surface area contributed by atoms with Crippen molar-refractivity contribution < 1.29 is 0 Å². The molecular formula is C11H12ClN5. The fourth-order valence-electron chi connectivity index (χ4n) is 1.29. The van der Waals surface area contributed by atoms with Crippen LogP contribution in [0.15, 0.2) is 30.6 Å². The van der Waals surface area contributed by atoms with Crippen LogP contribution in [0, 0.1) is 0 Å². The predicted octanol–water partition coefficient (Wildman–Crippen LogP) is 1.55. The van der Waals surface area contributed by atoms with Gasteiger partial charge in [-0.3, -0.25) is 0 Å². The van der Waals surface area contributed by atoms with E-state index in [0.29, 0.717) is 11.0 Å². The topological polar surface area (TPSA) is 55.6 Å². The van der Waals surface area contributed by atoms with Gasteiger partial charge in [0.05, 0.1) is 6.20 Å². The van der Waals surface area contributed by atoms with Crippen molar-refractivity contribution in [2.24, 2.45) is 0 Å². The molecule has 0 bridgehead atoms. The summed E-state index contributed by atoms with van der Waals surface area (Å²) in [6, 6.07) is 3.45. The van der Waals surface area contributed by atoms with E-state index in [1.807, 2.05) is 25.4 Å². The smallest absolute Gasteiger partial charge is 0.175 e. The summed E-state index contributed by atoms with van der Waals surface area (Å²) in [5, 5.41) is 15.3. The molecule has 17 heavy (non-hydrogen) atoms. The van der Waals surface area contributed by atoms with Crippen molar-refractivity contribution in [2.75, 3.05) is 13.6 Å². The minimum Gasteiger partial charge on any atom is -0.316 e. The number of nitrogens with one attached hydrogen (secondary N) is 1. The van der Waals surface area contributed by atoms with Crippen molar-refractivity contribution in [1.29, 1.82) is 0 Å². The van der Waals surface area contributed by atoms with Gasteiger partial charge in [-0.1, -0.05) is 23.8 Å². The fourth-order valence-corrected chi connectivity index (χ4v) is 1.39. The second-order valence-electron chi connectivity index (χ2n) is 3.39. The Kier molecular flexibility index (Phi) is 3.85. The fraction of sp³-hybridized carbons (Fsp3) is 0.182. The van der Waals surface area contributed by atoms with E-state index in [2.05, 4.69) is 20.6 Å². The van der Waals surface area contributed by atoms with Crippen molar-refractivity contribution in [3.63, 3.8) is 0 Å². The van der Waals surface area contributed by atoms with Crippen LogP contribution in [-0.2, 0) is 0 Å². The molecule has 0 saturated heterocycles. The highest BCUT2D eigenvalue weighted by Gasteiger charge is 2.00. The molecule has 0 unspecified atom stereocenters. The first-order chi connectivity index (χ1) is 8.29. The number of rotatable bonds is 4. The molecule has 0 aliphatic rings. The average molecular weight is 250 g/mol. The van der Waals surface area contributed by atoms with Gasteiger partial charge in [0.1, 0.15) is 0 Å². The molecule has 0 radical (unpaired) electrons. The van der Waals surface area contributed by atoms with Crippen molar-refractivity contribution in [3.8, 4) is 5.82 Å². The maximum absolute atomic E-state index is 5.67. The van der Waals surface area contributed by atoms with E-state index < -0.39 is 0 Å². The number of halogens is 1. The number of hydrogen-bond donors (Lipinski definition) is 1. The van der Waals surface area contributed by atoms with E-state index in [4.69, 9.17) is 11.6 Å². The second kappa shape index (κ2) is 5.56. The Hall–Kier alpha value is -1.72. The molecule has 0 saturated carbocycles. The molecule has 0 fully saturated rings. The van der Waals surface area contributed by atoms with Crippen LogP contribution in [0.25, 0.3) is 11.9 Å². The summed E-state index contributed by atoms with van der Waals surface area (Å²) in [7, 11) is 1.90. The van der Waals surface area contributed by atoms with Crippen LogP contribution in [0.2, 0.25) is 5.15 Å². The number of hydrogen-bond acceptors (Lipinski definition) is 4. The Labute approximate surface area is 104 Å². The summed E-state index contributed by atoms with van der Waals surface area (Å²) in [5.74, 6) is 0.641. The Morgan fingerprint density at radius 3 is 3.00 bits per heavy atom. The first kappa shape index (κ1) is 11.8. The van der Waals surface area contributed by atoms with Gasteiger partial charge in [0.15, 0.2) is 11.0 Å². The highest BCUT2D eigenvalue weighted by molar-refractivity contribution is 6.29. The lowest BCUT2D eigenvalue weighted by molar-refractivity contribution is 0.814. The van der Waals surface area contributed by atoms with Crippen LogP contribution in [0.3, 0.4) is 0 Å². The van der Waals surface area contributed by atoms with Gasteiger partial charge >= 0.3 is 0 Å². The van der Waals surface area contributed by atoms with Crippen molar-refractivity contribution >= 4 is 17.7 Å². The van der Waals surface area contributed by atoms with Crippen LogP contribution in [-0.4, -0.2) is 33.6 Å². The molecular weight excluding hydrogens is 238 g/mol. The zero-order chi connectivity index (χ0) is 12.1. The van der Waals surface area contributed by atoms with E-state index in [0.717, 1.165) is 12.1 Å². The lowest BCUT2D eigenvalue weighted by atomic mass is 10.3. The molecule has 1 N–H and O–H groups in total. The van der Waals surface area contributed by atoms with Gasteiger partial charge in [-0.25, -0.2) is 4.68 Å². The molecule has 0 atom stereocenters. The quantitative estimate of drug-likeness (QED) is 0.893. The average Bonchev–Trinajstić information content (AvgIpc) is 2.79. The summed E-state index contributed by atoms with van der Waals surface area (Å²) >= 11 is 5.67. The Bertz CT molecular complexity index is 503. The van der Waals surface area contributed by atoms with Crippen molar-refractivity contribution in [2.45, 2.75) is 0 Å². The zero-order valence-electron chi connectivity index (χ0n) is 9.34. The lowest BCUT2D eigenvalue weighted by Gasteiger charge is -1.97. The van der Waals surface area contributed by atoms with Crippen LogP contribution in [0.4, 0.5) is 0 Å². The molecule has 6 heteroatoms. The molecule has 0 aromatic carbocycles. The summed E-state index contributed by atoms with van der Waals surface area (Å²) in [5.41, 5.74) is 1.01. The van der Waals surface area contributed by atoms with Gasteiger partial charge in [0, 0.05) is 18.3 Å². The SMILES string of the molecule is CNCC=Cc1cnn(-c2ccc(Cl)nn2)c1. The lowest BCUT2D eigenvalue weighted by Crippen LogP contribution is -2.03. The Morgan fingerprint density at radius 2 is 2.29 bits per heavy atom. The minimum atomic E-state index is 0.370.